The number of unbranched alkanes of at least 4 members (excludes halogenated alkanes) is 38. The van der Waals surface area contributed by atoms with Crippen LogP contribution in [0.3, 0.4) is 0 Å². The summed E-state index contributed by atoms with van der Waals surface area (Å²) >= 11 is 0. The molecule has 0 rings (SSSR count). The topological polar surface area (TPSA) is 108 Å². The fourth-order valence-corrected chi connectivity index (χ4v) is 11.2. The maximum atomic E-state index is 13.0. The summed E-state index contributed by atoms with van der Waals surface area (Å²) in [6.45, 7) is 4.69. The second-order valence-corrected chi connectivity index (χ2v) is 27.6. The largest absolute Gasteiger partial charge is 0.477 e. The lowest BCUT2D eigenvalue weighted by Gasteiger charge is -2.25. The number of quaternary nitrogens is 1. The Morgan fingerprint density at radius 3 is 0.842 bits per heavy atom. The minimum atomic E-state index is -1.51. The third-order valence-corrected chi connectivity index (χ3v) is 17.2. The first-order valence-electron chi connectivity index (χ1n) is 39.7. The molecule has 2 unspecified atom stereocenters. The predicted molar refractivity (Wildman–Crippen MR) is 410 cm³/mol. The highest BCUT2D eigenvalue weighted by Crippen LogP contribution is 2.19. The molecule has 2 atom stereocenters. The third kappa shape index (κ3) is 76.9. The molecule has 0 radical (unpaired) electrons. The van der Waals surface area contributed by atoms with Gasteiger partial charge in [0.2, 0.25) is 0 Å². The molecule has 9 nitrogen and oxygen atoms in total. The van der Waals surface area contributed by atoms with Gasteiger partial charge in [-0.25, -0.2) is 4.79 Å². The number of carbonyl (C=O) groups excluding carboxylic acids is 2. The molecule has 0 aromatic carbocycles. The van der Waals surface area contributed by atoms with Gasteiger partial charge in [-0.15, -0.1) is 0 Å². The lowest BCUT2D eigenvalue weighted by molar-refractivity contribution is -0.870. The number of hydrogen-bond acceptors (Lipinski definition) is 7. The van der Waals surface area contributed by atoms with E-state index in [9.17, 15) is 19.5 Å². The zero-order valence-corrected chi connectivity index (χ0v) is 62.6. The van der Waals surface area contributed by atoms with Gasteiger partial charge in [0.1, 0.15) is 13.2 Å². The number of likely N-dealkylation sites (N-methyl/N-ethyl adjacent to an activating group) is 1. The van der Waals surface area contributed by atoms with E-state index in [2.05, 4.69) is 135 Å². The average Bonchev–Trinajstić information content (AvgIpc) is 3.54. The Kier molecular flexibility index (Phi) is 72.0. The fourth-order valence-electron chi connectivity index (χ4n) is 11.2. The zero-order chi connectivity index (χ0) is 69.0. The summed E-state index contributed by atoms with van der Waals surface area (Å²) < 4.78 is 23.0. The van der Waals surface area contributed by atoms with Gasteiger partial charge < -0.3 is 28.5 Å². The molecule has 546 valence electrons. The van der Waals surface area contributed by atoms with Crippen LogP contribution in [0.4, 0.5) is 0 Å². The Labute approximate surface area is 587 Å². The molecule has 0 amide bonds. The number of allylic oxidation sites excluding steroid dienone is 20. The molecule has 95 heavy (non-hydrogen) atoms. The summed E-state index contributed by atoms with van der Waals surface area (Å²) in [4.78, 5) is 37.7. The van der Waals surface area contributed by atoms with Gasteiger partial charge in [-0.3, -0.25) is 9.59 Å². The summed E-state index contributed by atoms with van der Waals surface area (Å²) in [5.41, 5.74) is 0. The summed E-state index contributed by atoms with van der Waals surface area (Å²) in [6.07, 6.45) is 105. The minimum Gasteiger partial charge on any atom is -0.477 e. The number of nitrogens with zero attached hydrogens (tertiary/aromatic N) is 1. The molecule has 0 saturated carbocycles. The zero-order valence-electron chi connectivity index (χ0n) is 62.6. The standard InChI is InChI=1S/C86H149NO8/c1-6-8-10-12-14-16-18-20-22-24-26-28-30-32-34-36-37-38-39-40-41-42-43-44-45-46-47-49-51-53-55-57-59-61-63-65-67-69-71-73-75-77-84(89)95-82(81-94-86(85(90)91)92-79-78-87(3,4)5)80-93-83(88)76-74-72-70-68-66-64-62-60-58-56-54-52-50-48-35-33-31-29-27-25-23-21-19-17-15-13-11-9-7-2/h8-11,14-17,20-23,26-29,32-35,82,86H,6-7,12-13,18-19,24-25,30-31,36-81H2,1-5H3/p+1/b10-8-,11-9-,16-14-,17-15-,22-20-,23-21-,28-26-,29-27-,34-32-,35-33-. The molecule has 9 heteroatoms. The Morgan fingerprint density at radius 1 is 0.316 bits per heavy atom. The third-order valence-electron chi connectivity index (χ3n) is 17.2. The van der Waals surface area contributed by atoms with E-state index in [1.54, 1.807) is 0 Å². The number of carbonyl (C=O) groups is 3. The maximum absolute atomic E-state index is 13.0. The SMILES string of the molecule is CC/C=C\C/C=C\C/C=C\C/C=C\C/C=C\CCCCCCCCCCCCCCCCCCCCCCCCCCCC(=O)OC(COC(=O)CCCCCCCCCCCCCCC/C=C\C/C=C\C/C=C\C/C=C\C/C=C\CC)COC(OCC[N+](C)(C)C)C(=O)O. The van der Waals surface area contributed by atoms with Crippen molar-refractivity contribution in [3.63, 3.8) is 0 Å². The van der Waals surface area contributed by atoms with Crippen molar-refractivity contribution in [2.45, 2.75) is 360 Å². The molecule has 0 fully saturated rings. The van der Waals surface area contributed by atoms with Crippen LogP contribution in [-0.2, 0) is 33.3 Å². The van der Waals surface area contributed by atoms with Gasteiger partial charge in [-0.05, 0) is 103 Å². The van der Waals surface area contributed by atoms with Crippen molar-refractivity contribution < 1.29 is 42.9 Å². The van der Waals surface area contributed by atoms with Crippen LogP contribution in [0.25, 0.3) is 0 Å². The second-order valence-electron chi connectivity index (χ2n) is 27.6. The Balaban J connectivity index is 3.99. The Bertz CT molecular complexity index is 1980. The Hall–Kier alpha value is -4.31. The van der Waals surface area contributed by atoms with E-state index in [4.69, 9.17) is 18.9 Å². The molecular formula is C86H150NO8+. The van der Waals surface area contributed by atoms with Crippen molar-refractivity contribution in [2.75, 3.05) is 47.5 Å². The van der Waals surface area contributed by atoms with Gasteiger partial charge in [0, 0.05) is 12.8 Å². The molecule has 0 bridgehead atoms. The van der Waals surface area contributed by atoms with Crippen LogP contribution in [0.15, 0.2) is 122 Å². The van der Waals surface area contributed by atoms with Crippen molar-refractivity contribution >= 4 is 17.9 Å². The molecule has 0 aromatic rings. The van der Waals surface area contributed by atoms with Crippen molar-refractivity contribution in [2.24, 2.45) is 0 Å². The second kappa shape index (κ2) is 75.5. The number of carboxylic acid groups (broad SMARTS) is 1. The van der Waals surface area contributed by atoms with Crippen LogP contribution in [0.2, 0.25) is 0 Å². The van der Waals surface area contributed by atoms with Gasteiger partial charge in [0.25, 0.3) is 6.29 Å². The summed E-state index contributed by atoms with van der Waals surface area (Å²) in [5, 5.41) is 9.77. The predicted octanol–water partition coefficient (Wildman–Crippen LogP) is 25.5. The number of hydrogen-bond donors (Lipinski definition) is 1. The van der Waals surface area contributed by atoms with Gasteiger partial charge in [-0.1, -0.05) is 354 Å². The van der Waals surface area contributed by atoms with E-state index in [-0.39, 0.29) is 32.2 Å². The summed E-state index contributed by atoms with van der Waals surface area (Å²) in [5.74, 6) is -1.99. The van der Waals surface area contributed by atoms with Crippen LogP contribution >= 0.6 is 0 Å². The number of ether oxygens (including phenoxy) is 4. The smallest absolute Gasteiger partial charge is 0.361 e. The van der Waals surface area contributed by atoms with Crippen molar-refractivity contribution in [1.29, 1.82) is 0 Å². The van der Waals surface area contributed by atoms with Gasteiger partial charge >= 0.3 is 17.9 Å². The summed E-state index contributed by atoms with van der Waals surface area (Å²) in [6, 6.07) is 0. The van der Waals surface area contributed by atoms with E-state index >= 15 is 0 Å². The van der Waals surface area contributed by atoms with Gasteiger partial charge in [0.15, 0.2) is 6.10 Å². The van der Waals surface area contributed by atoms with Crippen molar-refractivity contribution in [1.82, 2.24) is 0 Å². The van der Waals surface area contributed by atoms with Gasteiger partial charge in [-0.2, -0.15) is 0 Å². The minimum absolute atomic E-state index is 0.183. The number of aliphatic carboxylic acids is 1. The molecule has 0 heterocycles. The molecule has 0 saturated heterocycles. The fraction of sp³-hybridized carbons (Fsp3) is 0.733. The van der Waals surface area contributed by atoms with E-state index in [0.29, 0.717) is 17.4 Å². The van der Waals surface area contributed by atoms with Crippen LogP contribution in [-0.4, -0.2) is 87.4 Å². The van der Waals surface area contributed by atoms with Crippen LogP contribution < -0.4 is 0 Å². The molecule has 0 aromatic heterocycles. The average molecular weight is 1330 g/mol. The first-order chi connectivity index (χ1) is 46.6. The van der Waals surface area contributed by atoms with Gasteiger partial charge in [0.05, 0.1) is 34.4 Å². The highest BCUT2D eigenvalue weighted by atomic mass is 16.7. The van der Waals surface area contributed by atoms with E-state index in [0.717, 1.165) is 103 Å². The van der Waals surface area contributed by atoms with Crippen LogP contribution in [0, 0.1) is 0 Å². The van der Waals surface area contributed by atoms with Crippen molar-refractivity contribution in [3.05, 3.63) is 122 Å². The summed E-state index contributed by atoms with van der Waals surface area (Å²) in [7, 11) is 5.99. The number of esters is 2. The molecular weight excluding hydrogens is 1170 g/mol. The first kappa shape index (κ1) is 90.7. The van der Waals surface area contributed by atoms with Crippen LogP contribution in [0.5, 0.6) is 0 Å². The molecule has 0 aliphatic heterocycles. The number of rotatable bonds is 73. The van der Waals surface area contributed by atoms with E-state index < -0.39 is 24.3 Å². The van der Waals surface area contributed by atoms with Crippen molar-refractivity contribution in [3.8, 4) is 0 Å². The molecule has 0 spiro atoms. The first-order valence-corrected chi connectivity index (χ1v) is 39.7. The number of carboxylic acids is 1. The van der Waals surface area contributed by atoms with E-state index in [1.807, 2.05) is 21.1 Å². The highest BCUT2D eigenvalue weighted by Gasteiger charge is 2.25. The highest BCUT2D eigenvalue weighted by molar-refractivity contribution is 5.71. The Morgan fingerprint density at radius 2 is 0.568 bits per heavy atom. The molecule has 0 aliphatic rings. The maximum Gasteiger partial charge on any atom is 0.361 e. The molecule has 0 aliphatic carbocycles. The lowest BCUT2D eigenvalue weighted by Crippen LogP contribution is -2.40. The quantitative estimate of drug-likeness (QED) is 0.0211. The van der Waals surface area contributed by atoms with E-state index in [1.165, 1.54) is 218 Å². The monoisotopic (exact) mass is 1330 g/mol. The van der Waals surface area contributed by atoms with Crippen LogP contribution in [0.1, 0.15) is 348 Å². The lowest BCUT2D eigenvalue weighted by atomic mass is 10.0. The normalized spacial score (nSPS) is 13.3. The molecule has 1 N–H and O–H groups in total.